The molecule has 16 heavy (non-hydrogen) atoms. The summed E-state index contributed by atoms with van der Waals surface area (Å²) in [7, 11) is 4.08. The van der Waals surface area contributed by atoms with Crippen LogP contribution in [0.25, 0.3) is 0 Å². The minimum absolute atomic E-state index is 0.764. The maximum atomic E-state index is 4.31. The molecule has 0 aliphatic rings. The van der Waals surface area contributed by atoms with Crippen LogP contribution in [0.4, 0.5) is 5.82 Å². The molecule has 3 heteroatoms. The monoisotopic (exact) mass is 221 g/mol. The van der Waals surface area contributed by atoms with Crippen molar-refractivity contribution in [1.29, 1.82) is 0 Å². The maximum absolute atomic E-state index is 4.31. The minimum atomic E-state index is 0.764. The lowest BCUT2D eigenvalue weighted by Gasteiger charge is -2.19. The average Bonchev–Trinajstić information content (AvgIpc) is 2.27. The zero-order valence-electron chi connectivity index (χ0n) is 10.8. The van der Waals surface area contributed by atoms with Gasteiger partial charge in [-0.05, 0) is 32.0 Å². The Morgan fingerprint density at radius 2 is 2.19 bits per heavy atom. The van der Waals surface area contributed by atoms with E-state index >= 15 is 0 Å². The molecule has 0 aromatic carbocycles. The van der Waals surface area contributed by atoms with Crippen LogP contribution in [0.1, 0.15) is 25.8 Å². The Labute approximate surface area is 98.9 Å². The summed E-state index contributed by atoms with van der Waals surface area (Å²) in [6, 6.07) is 4.12. The van der Waals surface area contributed by atoms with Crippen molar-refractivity contribution in [2.75, 3.05) is 26.0 Å². The van der Waals surface area contributed by atoms with E-state index in [1.165, 1.54) is 12.0 Å². The first-order valence-corrected chi connectivity index (χ1v) is 5.93. The molecular formula is C13H23N3. The molecule has 1 rings (SSSR count). The van der Waals surface area contributed by atoms with Gasteiger partial charge in [0, 0.05) is 25.4 Å². The van der Waals surface area contributed by atoms with Crippen molar-refractivity contribution in [3.63, 3.8) is 0 Å². The smallest absolute Gasteiger partial charge is 0.130 e. The van der Waals surface area contributed by atoms with Gasteiger partial charge < -0.3 is 10.2 Å². The number of nitrogens with zero attached hydrogens (tertiary/aromatic N) is 2. The van der Waals surface area contributed by atoms with Gasteiger partial charge in [-0.1, -0.05) is 19.9 Å². The van der Waals surface area contributed by atoms with Crippen molar-refractivity contribution in [1.82, 2.24) is 9.88 Å². The Bertz CT molecular complexity index is 310. The summed E-state index contributed by atoms with van der Waals surface area (Å²) in [5.74, 6) is 1.75. The summed E-state index contributed by atoms with van der Waals surface area (Å²) >= 11 is 0. The fourth-order valence-electron chi connectivity index (χ4n) is 1.64. The zero-order valence-corrected chi connectivity index (χ0v) is 10.8. The lowest BCUT2D eigenvalue weighted by atomic mass is 10.1. The highest BCUT2D eigenvalue weighted by Gasteiger charge is 2.05. The normalized spacial score (nSPS) is 11.1. The largest absolute Gasteiger partial charge is 0.373 e. The lowest BCUT2D eigenvalue weighted by molar-refractivity contribution is 0.303. The number of hydrogen-bond donors (Lipinski definition) is 1. The molecule has 1 aromatic heterocycles. The molecule has 1 aromatic rings. The van der Waals surface area contributed by atoms with Gasteiger partial charge in [-0.15, -0.1) is 0 Å². The molecule has 90 valence electrons. The van der Waals surface area contributed by atoms with Gasteiger partial charge in [0.05, 0.1) is 0 Å². The highest BCUT2D eigenvalue weighted by Crippen LogP contribution is 2.13. The van der Waals surface area contributed by atoms with Gasteiger partial charge in [-0.25, -0.2) is 4.98 Å². The summed E-state index contributed by atoms with van der Waals surface area (Å²) < 4.78 is 0. The molecule has 0 aliphatic heterocycles. The van der Waals surface area contributed by atoms with Crippen LogP contribution in [0.3, 0.4) is 0 Å². The second kappa shape index (κ2) is 6.48. The third-order valence-electron chi connectivity index (χ3n) is 2.66. The van der Waals surface area contributed by atoms with Crippen LogP contribution in [-0.4, -0.2) is 30.5 Å². The second-order valence-electron chi connectivity index (χ2n) is 4.68. The topological polar surface area (TPSA) is 28.2 Å². The SMILES string of the molecule is CNc1ncccc1CN(C)CCC(C)C. The van der Waals surface area contributed by atoms with E-state index in [0.717, 1.165) is 24.8 Å². The third kappa shape index (κ3) is 4.19. The van der Waals surface area contributed by atoms with Gasteiger partial charge in [0.1, 0.15) is 5.82 Å². The van der Waals surface area contributed by atoms with E-state index in [9.17, 15) is 0 Å². The van der Waals surface area contributed by atoms with Gasteiger partial charge in [0.15, 0.2) is 0 Å². The minimum Gasteiger partial charge on any atom is -0.373 e. The summed E-state index contributed by atoms with van der Waals surface area (Å²) in [6.45, 7) is 6.61. The van der Waals surface area contributed by atoms with E-state index < -0.39 is 0 Å². The summed E-state index contributed by atoms with van der Waals surface area (Å²) in [5, 5.41) is 3.13. The number of rotatable bonds is 6. The highest BCUT2D eigenvalue weighted by atomic mass is 15.1. The Balaban J connectivity index is 2.51. The van der Waals surface area contributed by atoms with Crippen molar-refractivity contribution in [3.05, 3.63) is 23.9 Å². The van der Waals surface area contributed by atoms with E-state index in [0.29, 0.717) is 0 Å². The molecule has 0 atom stereocenters. The van der Waals surface area contributed by atoms with Crippen LogP contribution in [0, 0.1) is 5.92 Å². The number of hydrogen-bond acceptors (Lipinski definition) is 3. The number of pyridine rings is 1. The van der Waals surface area contributed by atoms with Crippen LogP contribution in [0.5, 0.6) is 0 Å². The summed E-state index contributed by atoms with van der Waals surface area (Å²) in [5.41, 5.74) is 1.26. The van der Waals surface area contributed by atoms with Crippen LogP contribution in [0.15, 0.2) is 18.3 Å². The molecule has 0 saturated carbocycles. The van der Waals surface area contributed by atoms with E-state index in [-0.39, 0.29) is 0 Å². The third-order valence-corrected chi connectivity index (χ3v) is 2.66. The van der Waals surface area contributed by atoms with Crippen molar-refractivity contribution in [2.24, 2.45) is 5.92 Å². The number of anilines is 1. The Kier molecular flexibility index (Phi) is 5.26. The molecule has 1 N–H and O–H groups in total. The van der Waals surface area contributed by atoms with Gasteiger partial charge in [-0.3, -0.25) is 0 Å². The molecule has 0 saturated heterocycles. The second-order valence-corrected chi connectivity index (χ2v) is 4.68. The van der Waals surface area contributed by atoms with Crippen LogP contribution >= 0.6 is 0 Å². The van der Waals surface area contributed by atoms with Gasteiger partial charge in [0.25, 0.3) is 0 Å². The van der Waals surface area contributed by atoms with Crippen molar-refractivity contribution in [3.8, 4) is 0 Å². The van der Waals surface area contributed by atoms with Gasteiger partial charge >= 0.3 is 0 Å². The summed E-state index contributed by atoms with van der Waals surface area (Å²) in [4.78, 5) is 6.65. The van der Waals surface area contributed by atoms with E-state index in [2.05, 4.69) is 42.2 Å². The van der Waals surface area contributed by atoms with E-state index in [1.54, 1.807) is 0 Å². The predicted octanol–water partition coefficient (Wildman–Crippen LogP) is 2.60. The van der Waals surface area contributed by atoms with Crippen LogP contribution in [0.2, 0.25) is 0 Å². The maximum Gasteiger partial charge on any atom is 0.130 e. The van der Waals surface area contributed by atoms with Crippen LogP contribution < -0.4 is 5.32 Å². The molecule has 0 radical (unpaired) electrons. The molecule has 3 nitrogen and oxygen atoms in total. The van der Waals surface area contributed by atoms with E-state index in [4.69, 9.17) is 0 Å². The van der Waals surface area contributed by atoms with Crippen molar-refractivity contribution < 1.29 is 0 Å². The standard InChI is InChI=1S/C13H23N3/c1-11(2)7-9-16(4)10-12-6-5-8-15-13(12)14-3/h5-6,8,11H,7,9-10H2,1-4H3,(H,14,15). The predicted molar refractivity (Wildman–Crippen MR) is 69.6 cm³/mol. The van der Waals surface area contributed by atoms with Crippen molar-refractivity contribution in [2.45, 2.75) is 26.8 Å². The van der Waals surface area contributed by atoms with Gasteiger partial charge in [-0.2, -0.15) is 0 Å². The molecule has 0 fully saturated rings. The highest BCUT2D eigenvalue weighted by molar-refractivity contribution is 5.42. The first-order chi connectivity index (χ1) is 7.63. The molecule has 0 bridgehead atoms. The molecule has 1 heterocycles. The van der Waals surface area contributed by atoms with E-state index in [1.807, 2.05) is 19.3 Å². The average molecular weight is 221 g/mol. The Hall–Kier alpha value is -1.09. The van der Waals surface area contributed by atoms with Gasteiger partial charge in [0.2, 0.25) is 0 Å². The van der Waals surface area contributed by atoms with Crippen LogP contribution in [-0.2, 0) is 6.54 Å². The Morgan fingerprint density at radius 3 is 2.81 bits per heavy atom. The molecule has 0 unspecified atom stereocenters. The molecule has 0 amide bonds. The van der Waals surface area contributed by atoms with Crippen molar-refractivity contribution >= 4 is 5.82 Å². The lowest BCUT2D eigenvalue weighted by Crippen LogP contribution is -2.21. The Morgan fingerprint density at radius 1 is 1.44 bits per heavy atom. The fourth-order valence-corrected chi connectivity index (χ4v) is 1.64. The molecule has 0 spiro atoms. The number of nitrogens with one attached hydrogen (secondary N) is 1. The summed E-state index contributed by atoms with van der Waals surface area (Å²) in [6.07, 6.45) is 3.06. The first-order valence-electron chi connectivity index (χ1n) is 5.93. The molecule has 0 aliphatic carbocycles. The zero-order chi connectivity index (χ0) is 12.0. The first kappa shape index (κ1) is 13.0. The molecular weight excluding hydrogens is 198 g/mol. The fraction of sp³-hybridized carbons (Fsp3) is 0.615. The quantitative estimate of drug-likeness (QED) is 0.800. The number of aromatic nitrogens is 1.